The summed E-state index contributed by atoms with van der Waals surface area (Å²) in [6, 6.07) is 6.89. The highest BCUT2D eigenvalue weighted by atomic mass is 79.9. The number of rotatable bonds is 3. The Kier molecular flexibility index (Phi) is 3.90. The third-order valence-corrected chi connectivity index (χ3v) is 2.40. The highest BCUT2D eigenvalue weighted by Gasteiger charge is 2.02. The Morgan fingerprint density at radius 3 is 2.93 bits per heavy atom. The van der Waals surface area contributed by atoms with E-state index in [-0.39, 0.29) is 11.7 Å². The molecule has 0 amide bonds. The maximum atomic E-state index is 13.0. The van der Waals surface area contributed by atoms with Crippen LogP contribution in [0.15, 0.2) is 22.7 Å². The van der Waals surface area contributed by atoms with E-state index in [1.807, 2.05) is 6.92 Å². The van der Waals surface area contributed by atoms with Crippen molar-refractivity contribution in [1.29, 1.82) is 5.26 Å². The van der Waals surface area contributed by atoms with Gasteiger partial charge in [0.2, 0.25) is 0 Å². The van der Waals surface area contributed by atoms with Crippen LogP contribution < -0.4 is 5.32 Å². The topological polar surface area (TPSA) is 35.8 Å². The number of benzene rings is 1. The van der Waals surface area contributed by atoms with Gasteiger partial charge in [0.15, 0.2) is 0 Å². The molecule has 2 nitrogen and oxygen atoms in total. The Morgan fingerprint density at radius 1 is 1.64 bits per heavy atom. The van der Waals surface area contributed by atoms with Crippen molar-refractivity contribution in [3.05, 3.63) is 28.5 Å². The standard InChI is InChI=1S/C10H10BrFN2/c1-7(5-13)6-14-8-2-3-9(11)10(12)4-8/h2-4,7,14H,6H2,1H3. The van der Waals surface area contributed by atoms with Crippen molar-refractivity contribution < 1.29 is 4.39 Å². The summed E-state index contributed by atoms with van der Waals surface area (Å²) in [7, 11) is 0. The van der Waals surface area contributed by atoms with Crippen molar-refractivity contribution in [1.82, 2.24) is 0 Å². The highest BCUT2D eigenvalue weighted by molar-refractivity contribution is 9.10. The third-order valence-electron chi connectivity index (χ3n) is 1.75. The van der Waals surface area contributed by atoms with E-state index in [1.165, 1.54) is 6.07 Å². The van der Waals surface area contributed by atoms with Crippen LogP contribution in [0.1, 0.15) is 6.92 Å². The van der Waals surface area contributed by atoms with Crippen molar-refractivity contribution in [2.24, 2.45) is 5.92 Å². The SMILES string of the molecule is CC(C#N)CNc1ccc(Br)c(F)c1. The monoisotopic (exact) mass is 256 g/mol. The van der Waals surface area contributed by atoms with Crippen LogP contribution in [0.2, 0.25) is 0 Å². The molecule has 0 bridgehead atoms. The summed E-state index contributed by atoms with van der Waals surface area (Å²) < 4.78 is 13.5. The zero-order chi connectivity index (χ0) is 10.6. The predicted octanol–water partition coefficient (Wildman–Crippen LogP) is 3.16. The van der Waals surface area contributed by atoms with E-state index in [0.29, 0.717) is 16.7 Å². The molecule has 74 valence electrons. The number of halogens is 2. The molecule has 0 fully saturated rings. The van der Waals surface area contributed by atoms with Gasteiger partial charge in [-0.2, -0.15) is 5.26 Å². The van der Waals surface area contributed by atoms with Crippen molar-refractivity contribution in [2.45, 2.75) is 6.92 Å². The molecule has 1 aromatic carbocycles. The van der Waals surface area contributed by atoms with Gasteiger partial charge in [0.25, 0.3) is 0 Å². The third kappa shape index (κ3) is 3.00. The van der Waals surface area contributed by atoms with Crippen LogP contribution in [0.5, 0.6) is 0 Å². The average molecular weight is 257 g/mol. The zero-order valence-corrected chi connectivity index (χ0v) is 9.31. The summed E-state index contributed by atoms with van der Waals surface area (Å²) in [6.07, 6.45) is 0. The zero-order valence-electron chi connectivity index (χ0n) is 7.72. The largest absolute Gasteiger partial charge is 0.384 e. The summed E-state index contributed by atoms with van der Waals surface area (Å²) in [5.41, 5.74) is 0.688. The summed E-state index contributed by atoms with van der Waals surface area (Å²) in [6.45, 7) is 2.33. The molecule has 0 saturated carbocycles. The molecule has 1 N–H and O–H groups in total. The summed E-state index contributed by atoms with van der Waals surface area (Å²) in [5, 5.41) is 11.5. The van der Waals surface area contributed by atoms with Crippen LogP contribution in [0.3, 0.4) is 0 Å². The number of nitriles is 1. The van der Waals surface area contributed by atoms with E-state index in [0.717, 1.165) is 0 Å². The number of nitrogens with one attached hydrogen (secondary N) is 1. The Morgan fingerprint density at radius 2 is 2.36 bits per heavy atom. The van der Waals surface area contributed by atoms with Crippen LogP contribution in [-0.4, -0.2) is 6.54 Å². The van der Waals surface area contributed by atoms with E-state index in [4.69, 9.17) is 5.26 Å². The Hall–Kier alpha value is -1.08. The molecule has 1 atom stereocenters. The molecule has 1 aromatic rings. The quantitative estimate of drug-likeness (QED) is 0.902. The fraction of sp³-hybridized carbons (Fsp3) is 0.300. The molecule has 0 aromatic heterocycles. The lowest BCUT2D eigenvalue weighted by Crippen LogP contribution is -2.09. The van der Waals surface area contributed by atoms with Gasteiger partial charge in [-0.05, 0) is 41.1 Å². The lowest BCUT2D eigenvalue weighted by Gasteiger charge is -2.07. The lowest BCUT2D eigenvalue weighted by molar-refractivity contribution is 0.621. The van der Waals surface area contributed by atoms with Crippen LogP contribution in [-0.2, 0) is 0 Å². The molecule has 0 aliphatic rings. The Balaban J connectivity index is 2.61. The van der Waals surface area contributed by atoms with Gasteiger partial charge >= 0.3 is 0 Å². The van der Waals surface area contributed by atoms with Crippen LogP contribution >= 0.6 is 15.9 Å². The lowest BCUT2D eigenvalue weighted by atomic mass is 10.2. The maximum Gasteiger partial charge on any atom is 0.139 e. The van der Waals surface area contributed by atoms with Gasteiger partial charge in [0, 0.05) is 12.2 Å². The summed E-state index contributed by atoms with van der Waals surface area (Å²) in [4.78, 5) is 0. The van der Waals surface area contributed by atoms with Crippen LogP contribution in [0, 0.1) is 23.1 Å². The van der Waals surface area contributed by atoms with E-state index in [2.05, 4.69) is 27.3 Å². The first-order valence-electron chi connectivity index (χ1n) is 4.22. The molecular formula is C10H10BrFN2. The average Bonchev–Trinajstić information content (AvgIpc) is 2.19. The molecule has 0 heterocycles. The fourth-order valence-electron chi connectivity index (χ4n) is 0.923. The fourth-order valence-corrected chi connectivity index (χ4v) is 1.17. The van der Waals surface area contributed by atoms with Gasteiger partial charge in [0.05, 0.1) is 16.5 Å². The number of anilines is 1. The first-order chi connectivity index (χ1) is 6.63. The van der Waals surface area contributed by atoms with Gasteiger partial charge in [-0.15, -0.1) is 0 Å². The summed E-state index contributed by atoms with van der Waals surface area (Å²) >= 11 is 3.07. The first kappa shape index (κ1) is 11.0. The second-order valence-corrected chi connectivity index (χ2v) is 3.89. The van der Waals surface area contributed by atoms with Gasteiger partial charge in [-0.1, -0.05) is 0 Å². The highest BCUT2D eigenvalue weighted by Crippen LogP contribution is 2.19. The number of hydrogen-bond donors (Lipinski definition) is 1. The van der Waals surface area contributed by atoms with Crippen LogP contribution in [0.4, 0.5) is 10.1 Å². The van der Waals surface area contributed by atoms with Crippen LogP contribution in [0.25, 0.3) is 0 Å². The minimum atomic E-state index is -0.306. The second-order valence-electron chi connectivity index (χ2n) is 3.04. The van der Waals surface area contributed by atoms with Crippen molar-refractivity contribution >= 4 is 21.6 Å². The van der Waals surface area contributed by atoms with Crippen molar-refractivity contribution in [3.63, 3.8) is 0 Å². The second kappa shape index (κ2) is 4.97. The molecule has 1 rings (SSSR count). The summed E-state index contributed by atoms with van der Waals surface area (Å²) in [5.74, 6) is -0.388. The van der Waals surface area contributed by atoms with E-state index in [1.54, 1.807) is 12.1 Å². The molecule has 0 aliphatic heterocycles. The van der Waals surface area contributed by atoms with Gasteiger partial charge in [-0.3, -0.25) is 0 Å². The minimum absolute atomic E-state index is 0.0818. The minimum Gasteiger partial charge on any atom is -0.384 e. The Labute approximate surface area is 90.9 Å². The molecule has 0 aliphatic carbocycles. The normalized spacial score (nSPS) is 11.9. The number of hydrogen-bond acceptors (Lipinski definition) is 2. The van der Waals surface area contributed by atoms with Crippen molar-refractivity contribution in [2.75, 3.05) is 11.9 Å². The molecule has 1 unspecified atom stereocenters. The van der Waals surface area contributed by atoms with Gasteiger partial charge in [0.1, 0.15) is 5.82 Å². The van der Waals surface area contributed by atoms with Crippen molar-refractivity contribution in [3.8, 4) is 6.07 Å². The smallest absolute Gasteiger partial charge is 0.139 e. The van der Waals surface area contributed by atoms with Gasteiger partial charge in [-0.25, -0.2) is 4.39 Å². The molecular weight excluding hydrogens is 247 g/mol. The first-order valence-corrected chi connectivity index (χ1v) is 5.01. The molecule has 4 heteroatoms. The van der Waals surface area contributed by atoms with E-state index < -0.39 is 0 Å². The molecule has 14 heavy (non-hydrogen) atoms. The number of nitrogens with zero attached hydrogens (tertiary/aromatic N) is 1. The van der Waals surface area contributed by atoms with E-state index in [9.17, 15) is 4.39 Å². The molecule has 0 radical (unpaired) electrons. The molecule has 0 spiro atoms. The Bertz CT molecular complexity index is 360. The van der Waals surface area contributed by atoms with Gasteiger partial charge < -0.3 is 5.32 Å². The molecule has 0 saturated heterocycles. The predicted molar refractivity (Wildman–Crippen MR) is 57.4 cm³/mol. The van der Waals surface area contributed by atoms with E-state index >= 15 is 0 Å². The maximum absolute atomic E-state index is 13.0.